The lowest BCUT2D eigenvalue weighted by molar-refractivity contribution is -0.137. The number of ether oxygens (including phenoxy) is 2. The number of unbranched alkanes of at least 4 members (excludes halogenated alkanes) is 2. The molecule has 2 aliphatic heterocycles. The van der Waals surface area contributed by atoms with Crippen molar-refractivity contribution in [1.29, 1.82) is 0 Å². The number of likely N-dealkylation sites (tertiary alicyclic amines) is 1. The lowest BCUT2D eigenvalue weighted by Crippen LogP contribution is -2.54. The number of anilines is 1. The van der Waals surface area contributed by atoms with E-state index in [2.05, 4.69) is 15.5 Å². The van der Waals surface area contributed by atoms with Crippen LogP contribution in [0.15, 0.2) is 6.07 Å². The Kier molecular flexibility index (Phi) is 10.6. The zero-order chi connectivity index (χ0) is 26.1. The normalized spacial score (nSPS) is 19.4. The van der Waals surface area contributed by atoms with E-state index in [0.29, 0.717) is 61.0 Å². The molecule has 2 aliphatic rings. The average Bonchev–Trinajstić information content (AvgIpc) is 3.34. The fraction of sp³-hybridized carbons (Fsp3) is 0.640. The third kappa shape index (κ3) is 7.72. The molecule has 0 bridgehead atoms. The first-order chi connectivity index (χ1) is 17.3. The number of amides is 2. The van der Waals surface area contributed by atoms with Crippen LogP contribution in [0.2, 0.25) is 5.02 Å². The minimum Gasteiger partial charge on any atom is -0.492 e. The molecule has 0 aromatic heterocycles. The summed E-state index contributed by atoms with van der Waals surface area (Å²) >= 11 is 6.25. The van der Waals surface area contributed by atoms with Crippen molar-refractivity contribution in [3.05, 3.63) is 22.2 Å². The summed E-state index contributed by atoms with van der Waals surface area (Å²) in [6.07, 6.45) is 4.90. The van der Waals surface area contributed by atoms with Gasteiger partial charge in [-0.25, -0.2) is 0 Å². The number of halogens is 1. The highest BCUT2D eigenvalue weighted by molar-refractivity contribution is 6.33. The number of rotatable bonds is 13. The summed E-state index contributed by atoms with van der Waals surface area (Å²) in [6, 6.07) is 1.45. The van der Waals surface area contributed by atoms with Gasteiger partial charge in [0.05, 0.1) is 35.0 Å². The first-order valence-corrected chi connectivity index (χ1v) is 13.0. The lowest BCUT2D eigenvalue weighted by Gasteiger charge is -2.38. The van der Waals surface area contributed by atoms with Crippen LogP contribution in [-0.2, 0) is 20.7 Å². The molecule has 2 atom stereocenters. The molecule has 2 amide bonds. The number of piperidine rings is 1. The number of nitrogen functional groups attached to an aromatic ring is 1. The van der Waals surface area contributed by atoms with Crippen molar-refractivity contribution >= 4 is 35.1 Å². The molecule has 2 heterocycles. The number of carbonyl (C=O) groups excluding carboxylic acids is 2. The van der Waals surface area contributed by atoms with Crippen molar-refractivity contribution in [2.24, 2.45) is 0 Å². The highest BCUT2D eigenvalue weighted by Gasteiger charge is 2.32. The van der Waals surface area contributed by atoms with Gasteiger partial charge in [-0.1, -0.05) is 18.0 Å². The monoisotopic (exact) mass is 524 g/mol. The Balaban J connectivity index is 1.38. The number of nitrogens with zero attached hydrogens (tertiary/aromatic N) is 1. The number of methoxy groups -OCH3 is 1. The van der Waals surface area contributed by atoms with Crippen molar-refractivity contribution in [2.75, 3.05) is 45.6 Å². The van der Waals surface area contributed by atoms with E-state index in [4.69, 9.17) is 31.9 Å². The molecule has 0 spiro atoms. The second-order valence-electron chi connectivity index (χ2n) is 9.33. The minimum absolute atomic E-state index is 0.0326. The fourth-order valence-electron chi connectivity index (χ4n) is 4.72. The molecule has 0 unspecified atom stereocenters. The van der Waals surface area contributed by atoms with Crippen LogP contribution in [0.3, 0.4) is 0 Å². The molecule has 0 radical (unpaired) electrons. The van der Waals surface area contributed by atoms with Crippen LogP contribution >= 0.6 is 11.6 Å². The predicted molar refractivity (Wildman–Crippen MR) is 137 cm³/mol. The molecule has 1 aromatic carbocycles. The molecule has 3 rings (SSSR count). The van der Waals surface area contributed by atoms with Gasteiger partial charge in [-0.05, 0) is 38.3 Å². The van der Waals surface area contributed by atoms with Crippen LogP contribution in [0.5, 0.6) is 5.75 Å². The molecular formula is C25H37ClN4O6. The number of fused-ring (bicyclic) bond motifs is 1. The number of hydrogen-bond acceptors (Lipinski definition) is 7. The van der Waals surface area contributed by atoms with Crippen LogP contribution in [-0.4, -0.2) is 79.8 Å². The van der Waals surface area contributed by atoms with Crippen LogP contribution in [0.4, 0.5) is 5.69 Å². The summed E-state index contributed by atoms with van der Waals surface area (Å²) in [4.78, 5) is 37.7. The number of nitrogens with one attached hydrogen (secondary N) is 2. The third-order valence-electron chi connectivity index (χ3n) is 6.75. The Hall–Kier alpha value is -2.56. The highest BCUT2D eigenvalue weighted by atomic mass is 35.5. The number of aliphatic carboxylic acids is 1. The topological polar surface area (TPSA) is 143 Å². The largest absolute Gasteiger partial charge is 0.492 e. The van der Waals surface area contributed by atoms with Gasteiger partial charge in [-0.15, -0.1) is 0 Å². The number of nitrogens with two attached hydrogens (primary N) is 1. The Bertz CT molecular complexity index is 944. The molecule has 1 aromatic rings. The molecule has 5 N–H and O–H groups in total. The highest BCUT2D eigenvalue weighted by Crippen LogP contribution is 2.38. The Morgan fingerprint density at radius 3 is 2.81 bits per heavy atom. The molecule has 1 fully saturated rings. The standard InChI is InChI=1S/C25H37ClN4O6/c1-35-20-15-30(11-4-2-3-6-21(31)28-10-5-7-22(32)33)12-8-19(20)29-25(34)17-14-18(26)23(27)16-9-13-36-24(16)17/h14,19-20H,2-13,15,27H2,1H3,(H,28,31)(H,29,34)(H,32,33)/t19-,20+/m1/s1. The molecule has 11 heteroatoms. The number of benzene rings is 1. The van der Waals surface area contributed by atoms with Crippen LogP contribution in [0.1, 0.15) is 60.9 Å². The number of hydrogen-bond donors (Lipinski definition) is 4. The summed E-state index contributed by atoms with van der Waals surface area (Å²) in [6.45, 7) is 3.33. The van der Waals surface area contributed by atoms with Gasteiger partial charge >= 0.3 is 5.97 Å². The summed E-state index contributed by atoms with van der Waals surface area (Å²) in [5.41, 5.74) is 7.72. The van der Waals surface area contributed by atoms with E-state index in [1.165, 1.54) is 0 Å². The summed E-state index contributed by atoms with van der Waals surface area (Å²) < 4.78 is 11.4. The zero-order valence-electron chi connectivity index (χ0n) is 20.8. The van der Waals surface area contributed by atoms with E-state index in [0.717, 1.165) is 44.3 Å². The SMILES string of the molecule is CO[C@H]1CN(CCCCCC(=O)NCCCC(=O)O)CC[C@H]1NC(=O)c1cc(Cl)c(N)c2c1OCC2. The molecule has 0 aliphatic carbocycles. The van der Waals surface area contributed by atoms with E-state index in [1.54, 1.807) is 13.2 Å². The smallest absolute Gasteiger partial charge is 0.303 e. The van der Waals surface area contributed by atoms with E-state index < -0.39 is 5.97 Å². The summed E-state index contributed by atoms with van der Waals surface area (Å²) in [5, 5.41) is 14.8. The quantitative estimate of drug-likeness (QED) is 0.227. The van der Waals surface area contributed by atoms with Crippen molar-refractivity contribution in [3.8, 4) is 5.75 Å². The number of carboxylic acid groups (broad SMARTS) is 1. The van der Waals surface area contributed by atoms with Gasteiger partial charge in [0.1, 0.15) is 5.75 Å². The molecule has 1 saturated heterocycles. The number of carboxylic acids is 1. The van der Waals surface area contributed by atoms with Gasteiger partial charge in [0.2, 0.25) is 5.91 Å². The van der Waals surface area contributed by atoms with Crippen molar-refractivity contribution in [1.82, 2.24) is 15.5 Å². The summed E-state index contributed by atoms with van der Waals surface area (Å²) in [7, 11) is 1.66. The second-order valence-corrected chi connectivity index (χ2v) is 9.73. The van der Waals surface area contributed by atoms with Crippen molar-refractivity contribution < 1.29 is 29.0 Å². The van der Waals surface area contributed by atoms with Gasteiger partial charge < -0.3 is 35.8 Å². The van der Waals surface area contributed by atoms with E-state index in [1.807, 2.05) is 0 Å². The Morgan fingerprint density at radius 2 is 2.06 bits per heavy atom. The van der Waals surface area contributed by atoms with E-state index in [9.17, 15) is 14.4 Å². The van der Waals surface area contributed by atoms with Gasteiger partial charge in [-0.2, -0.15) is 0 Å². The molecule has 200 valence electrons. The maximum Gasteiger partial charge on any atom is 0.303 e. The first kappa shape index (κ1) is 28.0. The molecule has 0 saturated carbocycles. The maximum atomic E-state index is 13.1. The van der Waals surface area contributed by atoms with Crippen LogP contribution in [0.25, 0.3) is 0 Å². The fourth-order valence-corrected chi connectivity index (χ4v) is 4.95. The molecular weight excluding hydrogens is 488 g/mol. The molecule has 10 nitrogen and oxygen atoms in total. The summed E-state index contributed by atoms with van der Waals surface area (Å²) in [5.74, 6) is -0.600. The zero-order valence-corrected chi connectivity index (χ0v) is 21.6. The maximum absolute atomic E-state index is 13.1. The van der Waals surface area contributed by atoms with E-state index in [-0.39, 0.29) is 30.4 Å². The second kappa shape index (κ2) is 13.7. The van der Waals surface area contributed by atoms with Gasteiger partial charge in [-0.3, -0.25) is 14.4 Å². The third-order valence-corrected chi connectivity index (χ3v) is 7.06. The van der Waals surface area contributed by atoms with Crippen molar-refractivity contribution in [3.63, 3.8) is 0 Å². The van der Waals surface area contributed by atoms with Crippen LogP contribution < -0.4 is 21.1 Å². The first-order valence-electron chi connectivity index (χ1n) is 12.6. The van der Waals surface area contributed by atoms with Crippen molar-refractivity contribution in [2.45, 2.75) is 63.5 Å². The minimum atomic E-state index is -0.851. The Morgan fingerprint density at radius 1 is 1.25 bits per heavy atom. The number of carbonyl (C=O) groups is 3. The predicted octanol–water partition coefficient (Wildman–Crippen LogP) is 2.22. The van der Waals surface area contributed by atoms with E-state index >= 15 is 0 Å². The van der Waals surface area contributed by atoms with Crippen LogP contribution in [0, 0.1) is 0 Å². The average molecular weight is 525 g/mol. The lowest BCUT2D eigenvalue weighted by atomic mass is 9.99. The van der Waals surface area contributed by atoms with Gasteiger partial charge in [0, 0.05) is 51.6 Å². The van der Waals surface area contributed by atoms with Gasteiger partial charge in [0.25, 0.3) is 5.91 Å². The molecule has 36 heavy (non-hydrogen) atoms. The Labute approximate surface area is 216 Å². The van der Waals surface area contributed by atoms with Gasteiger partial charge in [0.15, 0.2) is 0 Å².